The maximum absolute atomic E-state index is 12.0. The average Bonchev–Trinajstić information content (AvgIpc) is 3.04. The molecule has 1 saturated heterocycles. The molecule has 7 heteroatoms. The van der Waals surface area contributed by atoms with Gasteiger partial charge in [-0.15, -0.1) is 6.58 Å². The van der Waals surface area contributed by atoms with Gasteiger partial charge in [-0.1, -0.05) is 18.2 Å². The van der Waals surface area contributed by atoms with E-state index in [1.807, 2.05) is 29.2 Å². The summed E-state index contributed by atoms with van der Waals surface area (Å²) in [5, 5.41) is 4.84. The van der Waals surface area contributed by atoms with Gasteiger partial charge in [-0.3, -0.25) is 15.0 Å². The molecule has 3 rings (SSSR count). The Hall–Kier alpha value is -2.67. The predicted molar refractivity (Wildman–Crippen MR) is 94.2 cm³/mol. The Bertz CT molecular complexity index is 738. The fourth-order valence-electron chi connectivity index (χ4n) is 3.04. The molecule has 25 heavy (non-hydrogen) atoms. The molecule has 0 aliphatic carbocycles. The number of para-hydroxylation sites is 2. The van der Waals surface area contributed by atoms with Crippen LogP contribution in [-0.4, -0.2) is 48.0 Å². The van der Waals surface area contributed by atoms with Gasteiger partial charge in [0.25, 0.3) is 0 Å². The molecule has 2 heterocycles. The van der Waals surface area contributed by atoms with Crippen LogP contribution in [0.15, 0.2) is 41.3 Å². The van der Waals surface area contributed by atoms with Crippen LogP contribution in [0.4, 0.5) is 4.79 Å². The Labute approximate surface area is 146 Å². The lowest BCUT2D eigenvalue weighted by molar-refractivity contribution is -0.121. The van der Waals surface area contributed by atoms with E-state index in [0.29, 0.717) is 13.1 Å². The second kappa shape index (κ2) is 7.94. The highest BCUT2D eigenvalue weighted by Gasteiger charge is 2.26. The lowest BCUT2D eigenvalue weighted by atomic mass is 9.98. The second-order valence-corrected chi connectivity index (χ2v) is 6.14. The third-order valence-corrected chi connectivity index (χ3v) is 4.19. The van der Waals surface area contributed by atoms with Crippen molar-refractivity contribution in [2.24, 2.45) is 0 Å². The van der Waals surface area contributed by atoms with Gasteiger partial charge in [0.15, 0.2) is 11.5 Å². The van der Waals surface area contributed by atoms with Crippen molar-refractivity contribution in [3.63, 3.8) is 0 Å². The molecule has 1 atom stereocenters. The van der Waals surface area contributed by atoms with Gasteiger partial charge in [-0.2, -0.15) is 0 Å². The Kier molecular flexibility index (Phi) is 5.45. The fourth-order valence-corrected chi connectivity index (χ4v) is 3.04. The Morgan fingerprint density at radius 1 is 1.40 bits per heavy atom. The summed E-state index contributed by atoms with van der Waals surface area (Å²) in [6, 6.07) is 7.19. The molecule has 3 amide bonds. The highest BCUT2D eigenvalue weighted by atomic mass is 16.3. The predicted octanol–water partition coefficient (Wildman–Crippen LogP) is 2.02. The van der Waals surface area contributed by atoms with Crippen LogP contribution in [0.25, 0.3) is 11.1 Å². The van der Waals surface area contributed by atoms with E-state index >= 15 is 0 Å². The number of rotatable bonds is 5. The van der Waals surface area contributed by atoms with Crippen molar-refractivity contribution in [2.75, 3.05) is 26.2 Å². The van der Waals surface area contributed by atoms with Crippen LogP contribution >= 0.6 is 0 Å². The molecule has 1 fully saturated rings. The largest absolute Gasteiger partial charge is 0.440 e. The number of nitrogens with zero attached hydrogens (tertiary/aromatic N) is 2. The van der Waals surface area contributed by atoms with Crippen molar-refractivity contribution < 1.29 is 14.0 Å². The van der Waals surface area contributed by atoms with Gasteiger partial charge < -0.3 is 9.73 Å². The van der Waals surface area contributed by atoms with Crippen molar-refractivity contribution in [3.8, 4) is 0 Å². The molecule has 1 aliphatic heterocycles. The zero-order valence-electron chi connectivity index (χ0n) is 14.0. The molecule has 2 N–H and O–H groups in total. The summed E-state index contributed by atoms with van der Waals surface area (Å²) in [6.45, 7) is 5.52. The number of carbonyl (C=O) groups is 2. The monoisotopic (exact) mass is 342 g/mol. The van der Waals surface area contributed by atoms with Gasteiger partial charge >= 0.3 is 6.03 Å². The molecular weight excluding hydrogens is 320 g/mol. The van der Waals surface area contributed by atoms with Gasteiger partial charge in [-0.25, -0.2) is 9.78 Å². The smallest absolute Gasteiger partial charge is 0.321 e. The van der Waals surface area contributed by atoms with E-state index in [2.05, 4.69) is 22.2 Å². The van der Waals surface area contributed by atoms with E-state index in [9.17, 15) is 9.59 Å². The van der Waals surface area contributed by atoms with Gasteiger partial charge in [0.1, 0.15) is 5.52 Å². The lowest BCUT2D eigenvalue weighted by Gasteiger charge is -2.30. The summed E-state index contributed by atoms with van der Waals surface area (Å²) in [5.41, 5.74) is 1.64. The number of fused-ring (bicyclic) bond motifs is 1. The Balaban J connectivity index is 1.56. The number of oxazole rings is 1. The maximum atomic E-state index is 12.0. The molecule has 0 saturated carbocycles. The molecule has 7 nitrogen and oxygen atoms in total. The molecule has 1 unspecified atom stereocenters. The second-order valence-electron chi connectivity index (χ2n) is 6.14. The zero-order valence-corrected chi connectivity index (χ0v) is 14.0. The highest BCUT2D eigenvalue weighted by Crippen LogP contribution is 2.28. The normalized spacial score (nSPS) is 18.0. The molecule has 0 radical (unpaired) electrons. The third-order valence-electron chi connectivity index (χ3n) is 4.19. The minimum atomic E-state index is -0.502. The first-order valence-corrected chi connectivity index (χ1v) is 8.42. The number of benzene rings is 1. The van der Waals surface area contributed by atoms with Crippen LogP contribution in [0, 0.1) is 0 Å². The first-order valence-electron chi connectivity index (χ1n) is 8.42. The van der Waals surface area contributed by atoms with E-state index in [-0.39, 0.29) is 18.4 Å². The Morgan fingerprint density at radius 2 is 2.24 bits per heavy atom. The lowest BCUT2D eigenvalue weighted by Crippen LogP contribution is -2.46. The van der Waals surface area contributed by atoms with Crippen LogP contribution in [0.1, 0.15) is 24.7 Å². The minimum Gasteiger partial charge on any atom is -0.440 e. The van der Waals surface area contributed by atoms with Crippen LogP contribution in [0.5, 0.6) is 0 Å². The molecule has 0 spiro atoms. The molecule has 1 aromatic heterocycles. The summed E-state index contributed by atoms with van der Waals surface area (Å²) in [7, 11) is 0. The van der Waals surface area contributed by atoms with Crippen LogP contribution in [-0.2, 0) is 4.79 Å². The number of hydrogen-bond donors (Lipinski definition) is 2. The number of urea groups is 1. The topological polar surface area (TPSA) is 87.5 Å². The van der Waals surface area contributed by atoms with E-state index in [1.165, 1.54) is 0 Å². The average molecular weight is 342 g/mol. The van der Waals surface area contributed by atoms with Gasteiger partial charge in [0.2, 0.25) is 5.91 Å². The fraction of sp³-hybridized carbons (Fsp3) is 0.389. The number of aromatic nitrogens is 1. The summed E-state index contributed by atoms with van der Waals surface area (Å²) in [5.74, 6) is 0.554. The SMILES string of the molecule is C=CCNC(=O)NC(=O)CN1CCCC(c2nc3ccccc3o2)C1. The van der Waals surface area contributed by atoms with Gasteiger partial charge in [-0.05, 0) is 31.5 Å². The summed E-state index contributed by atoms with van der Waals surface area (Å²) in [6.07, 6.45) is 3.49. The number of carbonyl (C=O) groups excluding carboxylic acids is 2. The van der Waals surface area contributed by atoms with Crippen LogP contribution in [0.2, 0.25) is 0 Å². The summed E-state index contributed by atoms with van der Waals surface area (Å²) < 4.78 is 5.86. The van der Waals surface area contributed by atoms with Crippen molar-refractivity contribution in [3.05, 3.63) is 42.8 Å². The van der Waals surface area contributed by atoms with Crippen LogP contribution < -0.4 is 10.6 Å². The summed E-state index contributed by atoms with van der Waals surface area (Å²) >= 11 is 0. The van der Waals surface area contributed by atoms with Crippen molar-refractivity contribution in [1.29, 1.82) is 0 Å². The van der Waals surface area contributed by atoms with E-state index in [0.717, 1.165) is 36.4 Å². The first kappa shape index (κ1) is 17.2. The zero-order chi connectivity index (χ0) is 17.6. The molecule has 1 aliphatic rings. The van der Waals surface area contributed by atoms with Gasteiger partial charge in [0.05, 0.1) is 6.54 Å². The highest BCUT2D eigenvalue weighted by molar-refractivity contribution is 5.95. The summed E-state index contributed by atoms with van der Waals surface area (Å²) in [4.78, 5) is 30.1. The van der Waals surface area contributed by atoms with Crippen LogP contribution in [0.3, 0.4) is 0 Å². The van der Waals surface area contributed by atoms with Crippen molar-refractivity contribution in [2.45, 2.75) is 18.8 Å². The molecule has 0 bridgehead atoms. The number of imide groups is 1. The number of piperidine rings is 1. The molecular formula is C18H22N4O3. The molecule has 2 aromatic rings. The van der Waals surface area contributed by atoms with Gasteiger partial charge in [0, 0.05) is 19.0 Å². The van der Waals surface area contributed by atoms with E-state index < -0.39 is 6.03 Å². The number of nitrogens with one attached hydrogen (secondary N) is 2. The quantitative estimate of drug-likeness (QED) is 0.812. The third kappa shape index (κ3) is 4.45. The molecule has 1 aromatic carbocycles. The first-order chi connectivity index (χ1) is 12.2. The number of amides is 3. The molecule has 132 valence electrons. The number of likely N-dealkylation sites (tertiary alicyclic amines) is 1. The standard InChI is InChI=1S/C18H22N4O3/c1-2-9-19-18(24)21-16(23)12-22-10-5-6-13(11-22)17-20-14-7-3-4-8-15(14)25-17/h2-4,7-8,13H,1,5-6,9-12H2,(H2,19,21,23,24). The Morgan fingerprint density at radius 3 is 3.04 bits per heavy atom. The minimum absolute atomic E-state index is 0.156. The number of hydrogen-bond acceptors (Lipinski definition) is 5. The van der Waals surface area contributed by atoms with E-state index in [1.54, 1.807) is 6.08 Å². The van der Waals surface area contributed by atoms with Crippen molar-refractivity contribution in [1.82, 2.24) is 20.5 Å². The maximum Gasteiger partial charge on any atom is 0.321 e. The van der Waals surface area contributed by atoms with E-state index in [4.69, 9.17) is 4.42 Å². The van der Waals surface area contributed by atoms with Crippen molar-refractivity contribution >= 4 is 23.0 Å².